The molecule has 1 fully saturated rings. The first-order chi connectivity index (χ1) is 8.65. The molecule has 6 heteroatoms. The first-order valence-corrected chi connectivity index (χ1v) is 6.69. The summed E-state index contributed by atoms with van der Waals surface area (Å²) in [5.74, 6) is -1.12. The van der Waals surface area contributed by atoms with Crippen LogP contribution < -0.4 is 10.6 Å². The van der Waals surface area contributed by atoms with Gasteiger partial charge in [-0.2, -0.15) is 0 Å². The molecule has 1 aromatic carbocycles. The molecule has 1 heterocycles. The van der Waals surface area contributed by atoms with Crippen LogP contribution in [0.1, 0.15) is 0 Å². The fraction of sp³-hybridized carbons (Fsp3) is 0.417. The van der Waals surface area contributed by atoms with E-state index in [0.29, 0.717) is 17.4 Å². The second-order valence-corrected chi connectivity index (χ2v) is 5.24. The summed E-state index contributed by atoms with van der Waals surface area (Å²) < 4.78 is 25.6. The third-order valence-corrected chi connectivity index (χ3v) is 3.71. The van der Waals surface area contributed by atoms with Crippen molar-refractivity contribution in [2.45, 2.75) is 4.90 Å². The number of hydrogen-bond donors (Lipinski definition) is 2. The number of benzene rings is 1. The second kappa shape index (κ2) is 6.15. The summed E-state index contributed by atoms with van der Waals surface area (Å²) >= 11 is 1.19. The van der Waals surface area contributed by atoms with Crippen LogP contribution in [0.15, 0.2) is 23.1 Å². The highest BCUT2D eigenvalue weighted by Crippen LogP contribution is 2.20. The molecule has 2 rings (SSSR count). The van der Waals surface area contributed by atoms with E-state index in [2.05, 4.69) is 10.6 Å². The van der Waals surface area contributed by atoms with Gasteiger partial charge in [0.2, 0.25) is 5.91 Å². The van der Waals surface area contributed by atoms with Crippen molar-refractivity contribution < 1.29 is 13.6 Å². The lowest BCUT2D eigenvalue weighted by molar-refractivity contribution is -0.118. The van der Waals surface area contributed by atoms with Crippen LogP contribution in [0.25, 0.3) is 0 Å². The number of carbonyl (C=O) groups excluding carboxylic acids is 1. The van der Waals surface area contributed by atoms with Gasteiger partial charge in [0, 0.05) is 30.4 Å². The van der Waals surface area contributed by atoms with Crippen LogP contribution in [0.5, 0.6) is 0 Å². The lowest BCUT2D eigenvalue weighted by atomic mass is 10.0. The van der Waals surface area contributed by atoms with Gasteiger partial charge in [0.25, 0.3) is 0 Å². The van der Waals surface area contributed by atoms with E-state index in [-0.39, 0.29) is 11.7 Å². The van der Waals surface area contributed by atoms with E-state index < -0.39 is 11.6 Å². The Labute approximate surface area is 108 Å². The van der Waals surface area contributed by atoms with Crippen molar-refractivity contribution in [3.63, 3.8) is 0 Å². The summed E-state index contributed by atoms with van der Waals surface area (Å²) in [6, 6.07) is 3.63. The Balaban J connectivity index is 1.72. The SMILES string of the molecule is O=C(CSc1ccc(F)c(F)c1)NCC1CNC1. The standard InChI is InChI=1S/C12H14F2N2OS/c13-10-2-1-9(3-11(10)14)18-7-12(17)16-6-8-4-15-5-8/h1-3,8,15H,4-7H2,(H,16,17). The van der Waals surface area contributed by atoms with Gasteiger partial charge in [0.05, 0.1) is 5.75 Å². The van der Waals surface area contributed by atoms with Gasteiger partial charge >= 0.3 is 0 Å². The number of rotatable bonds is 5. The zero-order valence-electron chi connectivity index (χ0n) is 9.71. The third-order valence-electron chi connectivity index (χ3n) is 2.71. The Hall–Kier alpha value is -1.14. The molecule has 0 saturated carbocycles. The summed E-state index contributed by atoms with van der Waals surface area (Å²) in [6.45, 7) is 2.55. The van der Waals surface area contributed by atoms with Crippen molar-refractivity contribution in [1.82, 2.24) is 10.6 Å². The van der Waals surface area contributed by atoms with Crippen LogP contribution in [0, 0.1) is 17.6 Å². The molecule has 18 heavy (non-hydrogen) atoms. The van der Waals surface area contributed by atoms with Crippen LogP contribution in [0.2, 0.25) is 0 Å². The molecule has 0 radical (unpaired) electrons. The molecule has 1 aliphatic heterocycles. The molecular formula is C12H14F2N2OS. The predicted molar refractivity (Wildman–Crippen MR) is 66.5 cm³/mol. The highest BCUT2D eigenvalue weighted by atomic mass is 32.2. The van der Waals surface area contributed by atoms with E-state index in [4.69, 9.17) is 0 Å². The molecule has 98 valence electrons. The summed E-state index contributed by atoms with van der Waals surface area (Å²) in [5, 5.41) is 5.93. The van der Waals surface area contributed by atoms with E-state index in [0.717, 1.165) is 25.2 Å². The largest absolute Gasteiger partial charge is 0.355 e. The molecule has 0 unspecified atom stereocenters. The lowest BCUT2D eigenvalue weighted by Crippen LogP contribution is -2.48. The fourth-order valence-corrected chi connectivity index (χ4v) is 2.27. The highest BCUT2D eigenvalue weighted by molar-refractivity contribution is 8.00. The quantitative estimate of drug-likeness (QED) is 0.796. The van der Waals surface area contributed by atoms with Crippen molar-refractivity contribution in [2.75, 3.05) is 25.4 Å². The maximum absolute atomic E-state index is 12.9. The number of amides is 1. The molecule has 0 aliphatic carbocycles. The van der Waals surface area contributed by atoms with Crippen LogP contribution in [0.4, 0.5) is 8.78 Å². The van der Waals surface area contributed by atoms with Crippen molar-refractivity contribution in [3.05, 3.63) is 29.8 Å². The van der Waals surface area contributed by atoms with Crippen molar-refractivity contribution in [1.29, 1.82) is 0 Å². The Morgan fingerprint density at radius 3 is 2.78 bits per heavy atom. The Bertz CT molecular complexity index is 438. The molecule has 0 atom stereocenters. The monoisotopic (exact) mass is 272 g/mol. The zero-order chi connectivity index (χ0) is 13.0. The molecule has 1 amide bonds. The highest BCUT2D eigenvalue weighted by Gasteiger charge is 2.17. The molecule has 1 saturated heterocycles. The minimum Gasteiger partial charge on any atom is -0.355 e. The maximum atomic E-state index is 12.9. The van der Waals surface area contributed by atoms with E-state index in [9.17, 15) is 13.6 Å². The summed E-state index contributed by atoms with van der Waals surface area (Å²) in [4.78, 5) is 12.0. The average Bonchev–Trinajstić information content (AvgIpc) is 2.29. The van der Waals surface area contributed by atoms with Gasteiger partial charge in [-0.1, -0.05) is 0 Å². The van der Waals surface area contributed by atoms with Crippen LogP contribution >= 0.6 is 11.8 Å². The van der Waals surface area contributed by atoms with Crippen molar-refractivity contribution >= 4 is 17.7 Å². The predicted octanol–water partition coefficient (Wildman–Crippen LogP) is 1.39. The van der Waals surface area contributed by atoms with Crippen LogP contribution in [-0.4, -0.2) is 31.3 Å². The van der Waals surface area contributed by atoms with Gasteiger partial charge in [-0.05, 0) is 18.2 Å². The van der Waals surface area contributed by atoms with E-state index in [1.165, 1.54) is 17.8 Å². The number of nitrogens with one attached hydrogen (secondary N) is 2. The van der Waals surface area contributed by atoms with Gasteiger partial charge in [-0.15, -0.1) is 11.8 Å². The van der Waals surface area contributed by atoms with Gasteiger partial charge in [0.1, 0.15) is 0 Å². The number of thioether (sulfide) groups is 1. The maximum Gasteiger partial charge on any atom is 0.230 e. The molecule has 1 aliphatic rings. The Morgan fingerprint density at radius 2 is 2.17 bits per heavy atom. The third kappa shape index (κ3) is 3.68. The molecule has 0 bridgehead atoms. The van der Waals surface area contributed by atoms with Gasteiger partial charge < -0.3 is 10.6 Å². The lowest BCUT2D eigenvalue weighted by Gasteiger charge is -2.27. The minimum absolute atomic E-state index is 0.0865. The average molecular weight is 272 g/mol. The molecule has 1 aromatic rings. The van der Waals surface area contributed by atoms with Crippen molar-refractivity contribution in [3.8, 4) is 0 Å². The topological polar surface area (TPSA) is 41.1 Å². The first kappa shape index (κ1) is 13.3. The van der Waals surface area contributed by atoms with Crippen LogP contribution in [-0.2, 0) is 4.79 Å². The fourth-order valence-electron chi connectivity index (χ4n) is 1.52. The molecular weight excluding hydrogens is 258 g/mol. The van der Waals surface area contributed by atoms with Crippen LogP contribution in [0.3, 0.4) is 0 Å². The van der Waals surface area contributed by atoms with Gasteiger partial charge in [-0.25, -0.2) is 8.78 Å². The number of carbonyl (C=O) groups is 1. The molecule has 0 aromatic heterocycles. The molecule has 2 N–H and O–H groups in total. The minimum atomic E-state index is -0.888. The van der Waals surface area contributed by atoms with E-state index in [1.807, 2.05) is 0 Å². The van der Waals surface area contributed by atoms with E-state index >= 15 is 0 Å². The second-order valence-electron chi connectivity index (χ2n) is 4.19. The number of hydrogen-bond acceptors (Lipinski definition) is 3. The van der Waals surface area contributed by atoms with E-state index in [1.54, 1.807) is 0 Å². The molecule has 0 spiro atoms. The van der Waals surface area contributed by atoms with Gasteiger partial charge in [0.15, 0.2) is 11.6 Å². The van der Waals surface area contributed by atoms with Crippen molar-refractivity contribution in [2.24, 2.45) is 5.92 Å². The normalized spacial score (nSPS) is 15.2. The van der Waals surface area contributed by atoms with Gasteiger partial charge in [-0.3, -0.25) is 4.79 Å². The smallest absolute Gasteiger partial charge is 0.230 e. The Morgan fingerprint density at radius 1 is 1.39 bits per heavy atom. The summed E-state index contributed by atoms with van der Waals surface area (Å²) in [7, 11) is 0. The summed E-state index contributed by atoms with van der Waals surface area (Å²) in [5.41, 5.74) is 0. The molecule has 3 nitrogen and oxygen atoms in total. The zero-order valence-corrected chi connectivity index (χ0v) is 10.5. The Kier molecular flexibility index (Phi) is 4.54. The summed E-state index contributed by atoms with van der Waals surface area (Å²) in [6.07, 6.45) is 0. The number of halogens is 2. The first-order valence-electron chi connectivity index (χ1n) is 5.70.